The van der Waals surface area contributed by atoms with Gasteiger partial charge in [0, 0.05) is 19.6 Å². The van der Waals surface area contributed by atoms with Crippen molar-refractivity contribution < 1.29 is 14.0 Å². The molecule has 1 saturated heterocycles. The lowest BCUT2D eigenvalue weighted by Gasteiger charge is -2.34. The number of carbonyl (C=O) groups is 2. The molecule has 2 N–H and O–H groups in total. The number of hydrogen-bond donors (Lipinski definition) is 2. The number of hydrogen-bond acceptors (Lipinski definition) is 4. The summed E-state index contributed by atoms with van der Waals surface area (Å²) in [6, 6.07) is 2.63. The number of nitrogens with one attached hydrogen (secondary N) is 2. The third-order valence-corrected chi connectivity index (χ3v) is 4.38. The molecule has 0 aliphatic carbocycles. The Morgan fingerprint density at radius 3 is 2.67 bits per heavy atom. The molecule has 1 aliphatic rings. The highest BCUT2D eigenvalue weighted by Gasteiger charge is 2.21. The number of furan rings is 1. The van der Waals surface area contributed by atoms with E-state index in [9.17, 15) is 9.59 Å². The maximum absolute atomic E-state index is 12.0. The lowest BCUT2D eigenvalue weighted by Crippen LogP contribution is -2.45. The second-order valence-corrected chi connectivity index (χ2v) is 7.02. The highest BCUT2D eigenvalue weighted by atomic mass is 16.3. The number of piperidine rings is 1. The molecule has 2 heterocycles. The van der Waals surface area contributed by atoms with Gasteiger partial charge in [0.05, 0.1) is 6.26 Å². The first kappa shape index (κ1) is 18.5. The first-order valence-electron chi connectivity index (χ1n) is 8.80. The zero-order chi connectivity index (χ0) is 17.5. The summed E-state index contributed by atoms with van der Waals surface area (Å²) in [7, 11) is 0. The van der Waals surface area contributed by atoms with E-state index < -0.39 is 6.04 Å². The van der Waals surface area contributed by atoms with E-state index in [1.165, 1.54) is 12.7 Å². The molecule has 0 aromatic carbocycles. The zero-order valence-corrected chi connectivity index (χ0v) is 14.9. The second kappa shape index (κ2) is 8.87. The molecule has 1 aliphatic heterocycles. The Bertz CT molecular complexity index is 520. The van der Waals surface area contributed by atoms with E-state index >= 15 is 0 Å². The fourth-order valence-electron chi connectivity index (χ4n) is 3.38. The van der Waals surface area contributed by atoms with E-state index in [-0.39, 0.29) is 17.6 Å². The molecule has 24 heavy (non-hydrogen) atoms. The average Bonchev–Trinajstić information content (AvgIpc) is 3.04. The van der Waals surface area contributed by atoms with Crippen LogP contribution in [0, 0.1) is 11.8 Å². The summed E-state index contributed by atoms with van der Waals surface area (Å²) in [5.41, 5.74) is 0. The van der Waals surface area contributed by atoms with Gasteiger partial charge in [0.2, 0.25) is 5.91 Å². The van der Waals surface area contributed by atoms with Gasteiger partial charge in [-0.15, -0.1) is 0 Å². The van der Waals surface area contributed by atoms with Gasteiger partial charge in [0.25, 0.3) is 5.91 Å². The number of nitrogens with zero attached hydrogens (tertiary/aromatic N) is 1. The summed E-state index contributed by atoms with van der Waals surface area (Å²) in [6.45, 7) is 10.2. The van der Waals surface area contributed by atoms with Gasteiger partial charge < -0.3 is 20.0 Å². The Hall–Kier alpha value is -1.82. The van der Waals surface area contributed by atoms with Crippen LogP contribution in [0.15, 0.2) is 22.8 Å². The van der Waals surface area contributed by atoms with Crippen LogP contribution in [-0.4, -0.2) is 48.9 Å². The van der Waals surface area contributed by atoms with Crippen molar-refractivity contribution >= 4 is 11.8 Å². The fraction of sp³-hybridized carbons (Fsp3) is 0.667. The summed E-state index contributed by atoms with van der Waals surface area (Å²) in [4.78, 5) is 26.3. The molecule has 0 spiro atoms. The van der Waals surface area contributed by atoms with Crippen LogP contribution in [0.1, 0.15) is 44.2 Å². The van der Waals surface area contributed by atoms with Crippen molar-refractivity contribution in [3.8, 4) is 0 Å². The lowest BCUT2D eigenvalue weighted by atomic mass is 9.92. The SMILES string of the molecule is C[C@@H]1C[C@@H](C)CN(CCCNC(=O)[C@H](C)NC(=O)c2ccco2)C1. The molecule has 0 saturated carbocycles. The van der Waals surface area contributed by atoms with Crippen LogP contribution < -0.4 is 10.6 Å². The fourth-order valence-corrected chi connectivity index (χ4v) is 3.38. The number of likely N-dealkylation sites (tertiary alicyclic amines) is 1. The van der Waals surface area contributed by atoms with Crippen LogP contribution >= 0.6 is 0 Å². The summed E-state index contributed by atoms with van der Waals surface area (Å²) in [5.74, 6) is 1.16. The van der Waals surface area contributed by atoms with Crippen molar-refractivity contribution in [2.75, 3.05) is 26.2 Å². The first-order valence-corrected chi connectivity index (χ1v) is 8.80. The Morgan fingerprint density at radius 1 is 1.33 bits per heavy atom. The normalized spacial score (nSPS) is 22.8. The van der Waals surface area contributed by atoms with Crippen molar-refractivity contribution in [2.45, 2.75) is 39.7 Å². The topological polar surface area (TPSA) is 74.6 Å². The molecule has 0 bridgehead atoms. The smallest absolute Gasteiger partial charge is 0.287 e. The van der Waals surface area contributed by atoms with Gasteiger partial charge in [0.1, 0.15) is 6.04 Å². The Labute approximate surface area is 144 Å². The highest BCUT2D eigenvalue weighted by Crippen LogP contribution is 2.20. The third kappa shape index (κ3) is 5.67. The van der Waals surface area contributed by atoms with Gasteiger partial charge in [-0.3, -0.25) is 9.59 Å². The standard InChI is InChI=1S/C18H29N3O3/c1-13-10-14(2)12-21(11-13)8-5-7-19-17(22)15(3)20-18(23)16-6-4-9-24-16/h4,6,9,13-15H,5,7-8,10-12H2,1-3H3,(H,19,22)(H,20,23)/t13-,14-,15+/m1/s1. The summed E-state index contributed by atoms with van der Waals surface area (Å²) in [6.07, 6.45) is 3.66. The van der Waals surface area contributed by atoms with Gasteiger partial charge in [-0.25, -0.2) is 0 Å². The Balaban J connectivity index is 1.63. The number of rotatable bonds is 7. The summed E-state index contributed by atoms with van der Waals surface area (Å²) >= 11 is 0. The number of amides is 2. The third-order valence-electron chi connectivity index (χ3n) is 4.38. The molecular formula is C18H29N3O3. The van der Waals surface area contributed by atoms with E-state index in [0.717, 1.165) is 37.9 Å². The molecule has 134 valence electrons. The van der Waals surface area contributed by atoms with Crippen molar-refractivity contribution in [1.29, 1.82) is 0 Å². The quantitative estimate of drug-likeness (QED) is 0.746. The lowest BCUT2D eigenvalue weighted by molar-refractivity contribution is -0.122. The van der Waals surface area contributed by atoms with Crippen LogP contribution in [0.2, 0.25) is 0 Å². The van der Waals surface area contributed by atoms with E-state index in [1.54, 1.807) is 19.1 Å². The van der Waals surface area contributed by atoms with Gasteiger partial charge in [-0.1, -0.05) is 13.8 Å². The molecule has 2 rings (SSSR count). The van der Waals surface area contributed by atoms with Gasteiger partial charge in [-0.05, 0) is 50.3 Å². The van der Waals surface area contributed by atoms with E-state index in [1.807, 2.05) is 0 Å². The average molecular weight is 335 g/mol. The number of carbonyl (C=O) groups excluding carboxylic acids is 2. The first-order chi connectivity index (χ1) is 11.5. The Morgan fingerprint density at radius 2 is 2.04 bits per heavy atom. The van der Waals surface area contributed by atoms with Crippen molar-refractivity contribution in [3.63, 3.8) is 0 Å². The molecule has 6 heteroatoms. The molecule has 1 aromatic rings. The van der Waals surface area contributed by atoms with Crippen molar-refractivity contribution in [2.24, 2.45) is 11.8 Å². The van der Waals surface area contributed by atoms with E-state index in [0.29, 0.717) is 6.54 Å². The van der Waals surface area contributed by atoms with E-state index in [4.69, 9.17) is 4.42 Å². The van der Waals surface area contributed by atoms with Crippen LogP contribution in [0.3, 0.4) is 0 Å². The van der Waals surface area contributed by atoms with Crippen LogP contribution in [0.5, 0.6) is 0 Å². The van der Waals surface area contributed by atoms with Crippen LogP contribution in [0.4, 0.5) is 0 Å². The molecule has 0 radical (unpaired) electrons. The van der Waals surface area contributed by atoms with Gasteiger partial charge in [0.15, 0.2) is 5.76 Å². The Kier molecular flexibility index (Phi) is 6.85. The van der Waals surface area contributed by atoms with Crippen LogP contribution in [0.25, 0.3) is 0 Å². The molecule has 1 fully saturated rings. The molecular weight excluding hydrogens is 306 g/mol. The predicted molar refractivity (Wildman–Crippen MR) is 92.6 cm³/mol. The second-order valence-electron chi connectivity index (χ2n) is 7.02. The van der Waals surface area contributed by atoms with E-state index in [2.05, 4.69) is 29.4 Å². The maximum atomic E-state index is 12.0. The van der Waals surface area contributed by atoms with Gasteiger partial charge in [-0.2, -0.15) is 0 Å². The van der Waals surface area contributed by atoms with Crippen LogP contribution in [-0.2, 0) is 4.79 Å². The molecule has 1 aromatic heterocycles. The monoisotopic (exact) mass is 335 g/mol. The minimum absolute atomic E-state index is 0.171. The van der Waals surface area contributed by atoms with Crippen molar-refractivity contribution in [1.82, 2.24) is 15.5 Å². The van der Waals surface area contributed by atoms with Gasteiger partial charge >= 0.3 is 0 Å². The maximum Gasteiger partial charge on any atom is 0.287 e. The molecule has 0 unspecified atom stereocenters. The largest absolute Gasteiger partial charge is 0.459 e. The minimum Gasteiger partial charge on any atom is -0.459 e. The zero-order valence-electron chi connectivity index (χ0n) is 14.9. The predicted octanol–water partition coefficient (Wildman–Crippen LogP) is 1.88. The summed E-state index contributed by atoms with van der Waals surface area (Å²) in [5, 5.41) is 5.51. The summed E-state index contributed by atoms with van der Waals surface area (Å²) < 4.78 is 5.01. The molecule has 6 nitrogen and oxygen atoms in total. The van der Waals surface area contributed by atoms with Crippen molar-refractivity contribution in [3.05, 3.63) is 24.2 Å². The highest BCUT2D eigenvalue weighted by molar-refractivity contribution is 5.95. The molecule has 2 amide bonds. The molecule has 3 atom stereocenters. The minimum atomic E-state index is -0.586.